The summed E-state index contributed by atoms with van der Waals surface area (Å²) in [5, 5.41) is 5.80. The minimum atomic E-state index is -0.480. The number of hydrogen-bond donors (Lipinski definition) is 2. The zero-order chi connectivity index (χ0) is 27.8. The Labute approximate surface area is 226 Å². The average Bonchev–Trinajstić information content (AvgIpc) is 3.71. The largest absolute Gasteiger partial charge is 0.444 e. The predicted molar refractivity (Wildman–Crippen MR) is 146 cm³/mol. The molecule has 2 fully saturated rings. The second-order valence-electron chi connectivity index (χ2n) is 11.6. The van der Waals surface area contributed by atoms with Gasteiger partial charge < -0.3 is 29.6 Å². The van der Waals surface area contributed by atoms with E-state index in [1.807, 2.05) is 102 Å². The maximum atomic E-state index is 11.8. The fourth-order valence-electron chi connectivity index (χ4n) is 3.78. The van der Waals surface area contributed by atoms with Crippen molar-refractivity contribution in [3.63, 3.8) is 0 Å². The number of epoxide rings is 2. The van der Waals surface area contributed by atoms with Crippen LogP contribution in [-0.4, -0.2) is 60.9 Å². The Kier molecular flexibility index (Phi) is 10.2. The number of carbonyl (C=O) groups excluding carboxylic acids is 2. The van der Waals surface area contributed by atoms with Crippen LogP contribution in [0.2, 0.25) is 0 Å². The molecule has 2 aliphatic rings. The molecule has 2 aromatic rings. The molecule has 0 bridgehead atoms. The van der Waals surface area contributed by atoms with Crippen molar-refractivity contribution in [3.05, 3.63) is 71.8 Å². The molecule has 8 heteroatoms. The highest BCUT2D eigenvalue weighted by molar-refractivity contribution is 5.68. The molecule has 0 aromatic heterocycles. The molecule has 2 saturated heterocycles. The second-order valence-corrected chi connectivity index (χ2v) is 11.6. The van der Waals surface area contributed by atoms with E-state index in [4.69, 9.17) is 18.9 Å². The molecular formula is C30H42N2O6. The number of nitrogens with one attached hydrogen (secondary N) is 2. The molecule has 208 valence electrons. The summed E-state index contributed by atoms with van der Waals surface area (Å²) in [5.74, 6) is 0. The van der Waals surface area contributed by atoms with Crippen LogP contribution in [0.1, 0.15) is 52.7 Å². The lowest BCUT2D eigenvalue weighted by atomic mass is 10.0. The van der Waals surface area contributed by atoms with E-state index in [1.54, 1.807) is 0 Å². The molecule has 38 heavy (non-hydrogen) atoms. The first-order valence-electron chi connectivity index (χ1n) is 13.2. The monoisotopic (exact) mass is 526 g/mol. The van der Waals surface area contributed by atoms with Crippen LogP contribution >= 0.6 is 0 Å². The molecule has 2 aliphatic heterocycles. The third kappa shape index (κ3) is 12.0. The van der Waals surface area contributed by atoms with Crippen molar-refractivity contribution < 1.29 is 28.5 Å². The van der Waals surface area contributed by atoms with Crippen LogP contribution in [-0.2, 0) is 31.8 Å². The van der Waals surface area contributed by atoms with Crippen LogP contribution in [0, 0.1) is 0 Å². The number of rotatable bonds is 8. The molecule has 0 saturated carbocycles. The Hall–Kier alpha value is -3.10. The SMILES string of the molecule is CC(C)(C)OC(=O)N[C@@H](Cc1ccccc1)[C@@H]1CO1.CC(C)(C)OC(=O)N[C@H](Cc1ccccc1)[C@H]1CO1. The number of amides is 2. The van der Waals surface area contributed by atoms with E-state index in [-0.39, 0.29) is 36.5 Å². The highest BCUT2D eigenvalue weighted by atomic mass is 16.6. The van der Waals surface area contributed by atoms with Gasteiger partial charge in [0.2, 0.25) is 0 Å². The van der Waals surface area contributed by atoms with Crippen LogP contribution in [0.15, 0.2) is 60.7 Å². The number of benzene rings is 2. The van der Waals surface area contributed by atoms with Gasteiger partial charge in [-0.15, -0.1) is 0 Å². The van der Waals surface area contributed by atoms with Crippen LogP contribution in [0.3, 0.4) is 0 Å². The number of ether oxygens (including phenoxy) is 4. The Morgan fingerprint density at radius 1 is 0.711 bits per heavy atom. The van der Waals surface area contributed by atoms with Crippen molar-refractivity contribution in [2.24, 2.45) is 0 Å². The van der Waals surface area contributed by atoms with Gasteiger partial charge in [0, 0.05) is 0 Å². The van der Waals surface area contributed by atoms with E-state index in [1.165, 1.54) is 11.1 Å². The van der Waals surface area contributed by atoms with Crippen LogP contribution in [0.5, 0.6) is 0 Å². The molecule has 2 aromatic carbocycles. The van der Waals surface area contributed by atoms with Gasteiger partial charge in [-0.05, 0) is 65.5 Å². The summed E-state index contributed by atoms with van der Waals surface area (Å²) in [6.45, 7) is 12.5. The molecule has 4 rings (SSSR count). The van der Waals surface area contributed by atoms with Gasteiger partial charge in [0.15, 0.2) is 0 Å². The van der Waals surface area contributed by atoms with Crippen molar-refractivity contribution >= 4 is 12.2 Å². The summed E-state index contributed by atoms with van der Waals surface area (Å²) in [4.78, 5) is 23.6. The lowest BCUT2D eigenvalue weighted by Crippen LogP contribution is -2.43. The summed E-state index contributed by atoms with van der Waals surface area (Å²) < 4.78 is 21.2. The zero-order valence-corrected chi connectivity index (χ0v) is 23.4. The molecule has 2 N–H and O–H groups in total. The Bertz CT molecular complexity index is 925. The minimum absolute atomic E-state index is 0.0303. The van der Waals surface area contributed by atoms with Crippen molar-refractivity contribution in [3.8, 4) is 0 Å². The summed E-state index contributed by atoms with van der Waals surface area (Å²) in [6.07, 6.45) is 0.948. The molecular weight excluding hydrogens is 484 g/mol. The first kappa shape index (κ1) is 29.5. The van der Waals surface area contributed by atoms with Gasteiger partial charge in [-0.2, -0.15) is 0 Å². The van der Waals surface area contributed by atoms with E-state index in [0.29, 0.717) is 13.2 Å². The first-order valence-corrected chi connectivity index (χ1v) is 13.2. The van der Waals surface area contributed by atoms with E-state index < -0.39 is 11.2 Å². The number of alkyl carbamates (subject to hydrolysis) is 2. The zero-order valence-electron chi connectivity index (χ0n) is 23.4. The second kappa shape index (κ2) is 13.1. The van der Waals surface area contributed by atoms with E-state index in [2.05, 4.69) is 10.6 Å². The fraction of sp³-hybridized carbons (Fsp3) is 0.533. The lowest BCUT2D eigenvalue weighted by Gasteiger charge is -2.23. The smallest absolute Gasteiger partial charge is 0.407 e. The third-order valence-electron chi connectivity index (χ3n) is 5.62. The lowest BCUT2D eigenvalue weighted by molar-refractivity contribution is 0.0483. The fourth-order valence-corrected chi connectivity index (χ4v) is 3.78. The van der Waals surface area contributed by atoms with E-state index in [0.717, 1.165) is 12.8 Å². The topological polar surface area (TPSA) is 102 Å². The van der Waals surface area contributed by atoms with Crippen LogP contribution < -0.4 is 10.6 Å². The summed E-state index contributed by atoms with van der Waals surface area (Å²) in [7, 11) is 0. The molecule has 4 atom stereocenters. The molecule has 0 aliphatic carbocycles. The van der Waals surface area contributed by atoms with Gasteiger partial charge in [-0.3, -0.25) is 0 Å². The van der Waals surface area contributed by atoms with Crippen molar-refractivity contribution in [1.29, 1.82) is 0 Å². The molecule has 0 unspecified atom stereocenters. The number of hydrogen-bond acceptors (Lipinski definition) is 6. The molecule has 2 heterocycles. The van der Waals surface area contributed by atoms with Gasteiger partial charge >= 0.3 is 12.2 Å². The van der Waals surface area contributed by atoms with Gasteiger partial charge in [0.05, 0.1) is 25.3 Å². The van der Waals surface area contributed by atoms with Crippen molar-refractivity contribution in [2.45, 2.75) is 89.9 Å². The quantitative estimate of drug-likeness (QED) is 0.467. The van der Waals surface area contributed by atoms with Crippen molar-refractivity contribution in [1.82, 2.24) is 10.6 Å². The van der Waals surface area contributed by atoms with Gasteiger partial charge in [-0.1, -0.05) is 60.7 Å². The average molecular weight is 527 g/mol. The number of carbonyl (C=O) groups is 2. The van der Waals surface area contributed by atoms with Gasteiger partial charge in [0.1, 0.15) is 23.4 Å². The minimum Gasteiger partial charge on any atom is -0.444 e. The van der Waals surface area contributed by atoms with Crippen molar-refractivity contribution in [2.75, 3.05) is 13.2 Å². The van der Waals surface area contributed by atoms with Gasteiger partial charge in [-0.25, -0.2) is 9.59 Å². The van der Waals surface area contributed by atoms with E-state index in [9.17, 15) is 9.59 Å². The Morgan fingerprint density at radius 2 is 1.03 bits per heavy atom. The summed E-state index contributed by atoms with van der Waals surface area (Å²) in [5.41, 5.74) is 1.40. The third-order valence-corrected chi connectivity index (χ3v) is 5.62. The standard InChI is InChI=1S/2C15H21NO3/c2*1-15(2,3)19-14(17)16-12(13-10-18-13)9-11-7-5-4-6-8-11/h2*4-8,12-13H,9-10H2,1-3H3,(H,16,17)/t2*12-,13-/m10/s1. The maximum Gasteiger partial charge on any atom is 0.407 e. The van der Waals surface area contributed by atoms with E-state index >= 15 is 0 Å². The molecule has 2 amide bonds. The maximum absolute atomic E-state index is 11.8. The molecule has 0 spiro atoms. The van der Waals surface area contributed by atoms with Crippen LogP contribution in [0.25, 0.3) is 0 Å². The molecule has 0 radical (unpaired) electrons. The van der Waals surface area contributed by atoms with Gasteiger partial charge in [0.25, 0.3) is 0 Å². The highest BCUT2D eigenvalue weighted by Gasteiger charge is 2.35. The summed E-state index contributed by atoms with van der Waals surface area (Å²) in [6, 6.07) is 20.1. The van der Waals surface area contributed by atoms with Crippen LogP contribution in [0.4, 0.5) is 9.59 Å². The first-order chi connectivity index (χ1) is 17.9. The molecule has 8 nitrogen and oxygen atoms in total. The highest BCUT2D eigenvalue weighted by Crippen LogP contribution is 2.20. The Morgan fingerprint density at radius 3 is 1.29 bits per heavy atom. The predicted octanol–water partition coefficient (Wildman–Crippen LogP) is 5.04. The normalized spacial score (nSPS) is 19.6. The summed E-state index contributed by atoms with van der Waals surface area (Å²) >= 11 is 0. The Balaban J connectivity index is 0.000000211.